The van der Waals surface area contributed by atoms with Crippen molar-refractivity contribution in [3.8, 4) is 0 Å². The van der Waals surface area contributed by atoms with E-state index in [1.165, 1.54) is 70.6 Å². The van der Waals surface area contributed by atoms with Crippen LogP contribution in [-0.2, 0) is 52.4 Å². The van der Waals surface area contributed by atoms with Crippen molar-refractivity contribution in [3.05, 3.63) is 24.3 Å². The summed E-state index contributed by atoms with van der Waals surface area (Å²) in [6.07, 6.45) is 30.9. The molecule has 5 rings (SSSR count). The normalized spacial score (nSPS) is 20.7. The molecule has 1 amide bonds. The second-order valence-electron chi connectivity index (χ2n) is 20.9. The van der Waals surface area contributed by atoms with E-state index in [0.29, 0.717) is 95.9 Å². The summed E-state index contributed by atoms with van der Waals surface area (Å²) in [6.45, 7) is 6.85. The Morgan fingerprint density at radius 3 is 1.40 bits per heavy atom. The van der Waals surface area contributed by atoms with Gasteiger partial charge in [0.05, 0.1) is 13.2 Å². The zero-order valence-electron chi connectivity index (χ0n) is 43.4. The molecule has 4 bridgehead atoms. The van der Waals surface area contributed by atoms with Gasteiger partial charge < -0.3 is 38.6 Å². The van der Waals surface area contributed by atoms with Crippen molar-refractivity contribution in [2.24, 2.45) is 35.0 Å². The van der Waals surface area contributed by atoms with Crippen LogP contribution in [0.4, 0.5) is 4.79 Å². The van der Waals surface area contributed by atoms with Gasteiger partial charge in [0.25, 0.3) is 0 Å². The lowest BCUT2D eigenvalue weighted by Gasteiger charge is -2.54. The smallest absolute Gasteiger partial charge is 0.407 e. The molecule has 1 aliphatic heterocycles. The number of hydrogen-bond donors (Lipinski definition) is 1. The predicted molar refractivity (Wildman–Crippen MR) is 269 cm³/mol. The Labute approximate surface area is 420 Å². The van der Waals surface area contributed by atoms with Crippen molar-refractivity contribution in [2.45, 2.75) is 194 Å². The van der Waals surface area contributed by atoms with E-state index in [1.807, 2.05) is 0 Å². The van der Waals surface area contributed by atoms with Crippen LogP contribution in [0.15, 0.2) is 24.3 Å². The van der Waals surface area contributed by atoms with Crippen LogP contribution >= 0.6 is 0 Å². The van der Waals surface area contributed by atoms with Gasteiger partial charge in [-0.2, -0.15) is 0 Å². The highest BCUT2D eigenvalue weighted by molar-refractivity contribution is 5.71. The molecule has 0 radical (unpaired) electrons. The SMILES string of the molecule is CCCCC/C=C\CCOC(=O)CCCCCC(=O)OCC(COC(=O)CCCCCC(=O)OCC/C=C\CCCCC)(COC(=O)CC1C2CC3CC(C2)CC1C3)COC(=O)NCCN1CCCC1. The Morgan fingerprint density at radius 1 is 0.500 bits per heavy atom. The molecule has 0 aromatic carbocycles. The Bertz CT molecular complexity index is 1500. The average Bonchev–Trinajstić information content (AvgIpc) is 3.87. The maximum atomic E-state index is 13.7. The molecule has 5 fully saturated rings. The molecule has 70 heavy (non-hydrogen) atoms. The number of nitrogens with zero attached hydrogens (tertiary/aromatic N) is 1. The Kier molecular flexibility index (Phi) is 29.5. The van der Waals surface area contributed by atoms with Crippen molar-refractivity contribution < 1.29 is 57.2 Å². The summed E-state index contributed by atoms with van der Waals surface area (Å²) < 4.78 is 34.1. The maximum absolute atomic E-state index is 13.7. The molecule has 0 spiro atoms. The quantitative estimate of drug-likeness (QED) is 0.0267. The Balaban J connectivity index is 1.29. The fourth-order valence-electron chi connectivity index (χ4n) is 10.9. The van der Waals surface area contributed by atoms with Gasteiger partial charge in [0.1, 0.15) is 31.8 Å². The number of nitrogens with one attached hydrogen (secondary N) is 1. The van der Waals surface area contributed by atoms with E-state index in [-0.39, 0.29) is 75.9 Å². The van der Waals surface area contributed by atoms with Crippen LogP contribution in [0.3, 0.4) is 0 Å². The molecular formula is C56H92N2O12. The zero-order chi connectivity index (χ0) is 50.1. The fourth-order valence-corrected chi connectivity index (χ4v) is 10.9. The molecule has 4 aliphatic carbocycles. The minimum atomic E-state index is -1.37. The summed E-state index contributed by atoms with van der Waals surface area (Å²) in [5, 5.41) is 2.81. The highest BCUT2D eigenvalue weighted by atomic mass is 16.6. The minimum absolute atomic E-state index is 0.0849. The summed E-state index contributed by atoms with van der Waals surface area (Å²) in [5.41, 5.74) is -1.37. The molecule has 0 atom stereocenters. The molecule has 1 heterocycles. The summed E-state index contributed by atoms with van der Waals surface area (Å²) in [5.74, 6) is 0.982. The van der Waals surface area contributed by atoms with Gasteiger partial charge in [-0.15, -0.1) is 0 Å². The first kappa shape index (κ1) is 58.6. The van der Waals surface area contributed by atoms with Gasteiger partial charge in [0, 0.05) is 45.2 Å². The van der Waals surface area contributed by atoms with Crippen LogP contribution in [0, 0.1) is 35.0 Å². The molecule has 0 unspecified atom stereocenters. The molecule has 0 aromatic heterocycles. The van der Waals surface area contributed by atoms with E-state index >= 15 is 0 Å². The predicted octanol–water partition coefficient (Wildman–Crippen LogP) is 10.9. The van der Waals surface area contributed by atoms with E-state index in [0.717, 1.165) is 50.6 Å². The lowest BCUT2D eigenvalue weighted by atomic mass is 9.51. The number of unbranched alkanes of at least 4 members (excludes halogenated alkanes) is 10. The number of likely N-dealkylation sites (tertiary alicyclic amines) is 1. The molecule has 5 aliphatic rings. The summed E-state index contributed by atoms with van der Waals surface area (Å²) in [4.78, 5) is 80.1. The van der Waals surface area contributed by atoms with Gasteiger partial charge in [0.2, 0.25) is 0 Å². The molecule has 0 aromatic rings. The number of amides is 1. The maximum Gasteiger partial charge on any atom is 0.407 e. The van der Waals surface area contributed by atoms with Crippen molar-refractivity contribution in [2.75, 3.05) is 65.8 Å². The van der Waals surface area contributed by atoms with Crippen LogP contribution in [0.2, 0.25) is 0 Å². The topological polar surface area (TPSA) is 173 Å². The number of alkyl carbamates (subject to hydrolysis) is 1. The van der Waals surface area contributed by atoms with Gasteiger partial charge in [-0.05, 0) is 152 Å². The second kappa shape index (κ2) is 35.2. The van der Waals surface area contributed by atoms with Crippen molar-refractivity contribution in [1.29, 1.82) is 0 Å². The molecule has 14 heteroatoms. The van der Waals surface area contributed by atoms with Crippen LogP contribution in [-0.4, -0.2) is 107 Å². The third-order valence-electron chi connectivity index (χ3n) is 14.7. The molecular weight excluding hydrogens is 893 g/mol. The Morgan fingerprint density at radius 2 is 0.929 bits per heavy atom. The number of ether oxygens (including phenoxy) is 6. The Hall–Kier alpha value is -3.94. The average molecular weight is 985 g/mol. The first-order chi connectivity index (χ1) is 34.1. The monoisotopic (exact) mass is 985 g/mol. The van der Waals surface area contributed by atoms with E-state index < -0.39 is 23.4 Å². The number of esters is 5. The minimum Gasteiger partial charge on any atom is -0.465 e. The summed E-state index contributed by atoms with van der Waals surface area (Å²) in [6, 6.07) is 0. The number of carbonyl (C=O) groups is 6. The third kappa shape index (κ3) is 24.9. The van der Waals surface area contributed by atoms with Crippen LogP contribution in [0.25, 0.3) is 0 Å². The number of hydrogen-bond acceptors (Lipinski definition) is 13. The lowest BCUT2D eigenvalue weighted by Crippen LogP contribution is -2.47. The number of allylic oxidation sites excluding steroid dienone is 2. The van der Waals surface area contributed by atoms with E-state index in [9.17, 15) is 28.8 Å². The zero-order valence-corrected chi connectivity index (χ0v) is 43.4. The van der Waals surface area contributed by atoms with Gasteiger partial charge in [-0.3, -0.25) is 24.0 Å². The van der Waals surface area contributed by atoms with Gasteiger partial charge in [0.15, 0.2) is 0 Å². The molecule has 14 nitrogen and oxygen atoms in total. The van der Waals surface area contributed by atoms with Gasteiger partial charge >= 0.3 is 35.9 Å². The first-order valence-corrected chi connectivity index (χ1v) is 27.8. The van der Waals surface area contributed by atoms with E-state index in [4.69, 9.17) is 28.4 Å². The van der Waals surface area contributed by atoms with Crippen molar-refractivity contribution in [3.63, 3.8) is 0 Å². The van der Waals surface area contributed by atoms with Crippen LogP contribution in [0.1, 0.15) is 194 Å². The van der Waals surface area contributed by atoms with E-state index in [2.05, 4.69) is 48.4 Å². The highest BCUT2D eigenvalue weighted by Crippen LogP contribution is 2.57. The molecule has 398 valence electrons. The molecule has 1 N–H and O–H groups in total. The van der Waals surface area contributed by atoms with Crippen LogP contribution in [0.5, 0.6) is 0 Å². The fraction of sp³-hybridized carbons (Fsp3) is 0.821. The van der Waals surface area contributed by atoms with E-state index in [1.54, 1.807) is 0 Å². The van der Waals surface area contributed by atoms with Gasteiger partial charge in [-0.1, -0.05) is 76.7 Å². The van der Waals surface area contributed by atoms with Crippen LogP contribution < -0.4 is 5.32 Å². The summed E-state index contributed by atoms with van der Waals surface area (Å²) >= 11 is 0. The standard InChI is InChI=1S/C56H92N2O12/c1-3-5-7-9-11-13-23-33-65-50(59)25-17-15-19-27-52(61)67-41-56(44-70-55(64)57-29-32-58-30-21-22-31-58,43-69-54(63)40-49-47-36-45-35-46(38-47)39-48(49)37-45)42-68-53(62)28-20-16-18-26-51(60)66-34-24-14-12-10-8-6-4-2/h11-14,45-49H,3-10,15-44H2,1-2H3,(H,57,64)/b13-11-,14-12-. The van der Waals surface area contributed by atoms with Crippen molar-refractivity contribution >= 4 is 35.9 Å². The number of rotatable bonds is 39. The first-order valence-electron chi connectivity index (χ1n) is 27.8. The van der Waals surface area contributed by atoms with Crippen molar-refractivity contribution in [1.82, 2.24) is 10.2 Å². The molecule has 1 saturated heterocycles. The lowest BCUT2D eigenvalue weighted by molar-refractivity contribution is -0.167. The largest absolute Gasteiger partial charge is 0.465 e. The third-order valence-corrected chi connectivity index (χ3v) is 14.7. The van der Waals surface area contributed by atoms with Gasteiger partial charge in [-0.25, -0.2) is 4.79 Å². The number of carbonyl (C=O) groups excluding carboxylic acids is 6. The second-order valence-corrected chi connectivity index (χ2v) is 20.9. The summed E-state index contributed by atoms with van der Waals surface area (Å²) in [7, 11) is 0. The highest BCUT2D eigenvalue weighted by Gasteiger charge is 2.49. The molecule has 4 saturated carbocycles.